The summed E-state index contributed by atoms with van der Waals surface area (Å²) in [6.45, 7) is 1.79. The lowest BCUT2D eigenvalue weighted by Crippen LogP contribution is -2.10. The molecule has 9 heteroatoms. The highest BCUT2D eigenvalue weighted by Crippen LogP contribution is 2.31. The average Bonchev–Trinajstić information content (AvgIpc) is 2.89. The molecule has 0 aliphatic heterocycles. The molecular weight excluding hydrogens is 274 g/mol. The first kappa shape index (κ1) is 14.0. The molecule has 106 valence electrons. The van der Waals surface area contributed by atoms with E-state index in [0.717, 1.165) is 0 Å². The fraction of sp³-hybridized carbons (Fsp3) is 0.273. The monoisotopic (exact) mass is 284 g/mol. The molecule has 1 heterocycles. The molecule has 0 radical (unpaired) electrons. The van der Waals surface area contributed by atoms with Gasteiger partial charge in [-0.05, 0) is 12.5 Å². The lowest BCUT2D eigenvalue weighted by molar-refractivity contribution is -0.384. The van der Waals surface area contributed by atoms with Gasteiger partial charge in [-0.15, -0.1) is 0 Å². The minimum Gasteiger partial charge on any atom is -0.334 e. The van der Waals surface area contributed by atoms with Gasteiger partial charge in [0.25, 0.3) is 11.6 Å². The van der Waals surface area contributed by atoms with Crippen LogP contribution < -0.4 is 5.73 Å². The van der Waals surface area contributed by atoms with Gasteiger partial charge < -0.3 is 10.3 Å². The Morgan fingerprint density at radius 1 is 1.45 bits per heavy atom. The van der Waals surface area contributed by atoms with Crippen LogP contribution in [-0.4, -0.2) is 15.1 Å². The van der Waals surface area contributed by atoms with Crippen LogP contribution in [0, 0.1) is 21.7 Å². The summed E-state index contributed by atoms with van der Waals surface area (Å²) in [5.74, 6) is -2.72. The van der Waals surface area contributed by atoms with Gasteiger partial charge >= 0.3 is 0 Å². The first-order valence-electron chi connectivity index (χ1n) is 5.67. The highest BCUT2D eigenvalue weighted by Gasteiger charge is 2.25. The molecule has 1 atom stereocenters. The Kier molecular flexibility index (Phi) is 3.70. The zero-order valence-electron chi connectivity index (χ0n) is 10.3. The number of halogens is 2. The summed E-state index contributed by atoms with van der Waals surface area (Å²) in [5, 5.41) is 14.4. The highest BCUT2D eigenvalue weighted by atomic mass is 19.2. The SMILES string of the molecule is CCC(N)c1noc(-c2cc(F)c(F)cc2[N+](=O)[O-])n1. The van der Waals surface area contributed by atoms with Crippen molar-refractivity contribution in [3.05, 3.63) is 39.7 Å². The van der Waals surface area contributed by atoms with E-state index < -0.39 is 28.3 Å². The van der Waals surface area contributed by atoms with E-state index in [1.165, 1.54) is 0 Å². The summed E-state index contributed by atoms with van der Waals surface area (Å²) in [6, 6.07) is 0.605. The summed E-state index contributed by atoms with van der Waals surface area (Å²) in [7, 11) is 0. The molecule has 1 aromatic heterocycles. The van der Waals surface area contributed by atoms with Crippen molar-refractivity contribution in [1.29, 1.82) is 0 Å². The minimum absolute atomic E-state index is 0.140. The van der Waals surface area contributed by atoms with E-state index in [9.17, 15) is 18.9 Å². The summed E-state index contributed by atoms with van der Waals surface area (Å²) >= 11 is 0. The number of rotatable bonds is 4. The molecule has 20 heavy (non-hydrogen) atoms. The fourth-order valence-corrected chi connectivity index (χ4v) is 1.54. The molecule has 2 rings (SSSR count). The van der Waals surface area contributed by atoms with E-state index in [1.807, 2.05) is 0 Å². The van der Waals surface area contributed by atoms with E-state index in [4.69, 9.17) is 10.3 Å². The molecule has 0 aliphatic carbocycles. The Bertz CT molecular complexity index is 659. The Morgan fingerprint density at radius 2 is 2.10 bits per heavy atom. The van der Waals surface area contributed by atoms with Crippen molar-refractivity contribution in [1.82, 2.24) is 10.1 Å². The van der Waals surface area contributed by atoms with Crippen molar-refractivity contribution >= 4 is 5.69 Å². The van der Waals surface area contributed by atoms with Gasteiger partial charge in [0.05, 0.1) is 17.0 Å². The van der Waals surface area contributed by atoms with Gasteiger partial charge in [0.2, 0.25) is 0 Å². The van der Waals surface area contributed by atoms with Crippen molar-refractivity contribution < 1.29 is 18.2 Å². The van der Waals surface area contributed by atoms with Crippen LogP contribution in [0.4, 0.5) is 14.5 Å². The molecule has 0 fully saturated rings. The van der Waals surface area contributed by atoms with Crippen LogP contribution in [0.25, 0.3) is 11.5 Å². The van der Waals surface area contributed by atoms with Gasteiger partial charge in [0, 0.05) is 0 Å². The smallest absolute Gasteiger partial charge is 0.285 e. The van der Waals surface area contributed by atoms with Crippen LogP contribution in [0.5, 0.6) is 0 Å². The van der Waals surface area contributed by atoms with Crippen LogP contribution in [0.2, 0.25) is 0 Å². The summed E-state index contributed by atoms with van der Waals surface area (Å²) < 4.78 is 31.1. The van der Waals surface area contributed by atoms with Crippen molar-refractivity contribution in [2.45, 2.75) is 19.4 Å². The van der Waals surface area contributed by atoms with E-state index in [0.29, 0.717) is 18.6 Å². The average molecular weight is 284 g/mol. The van der Waals surface area contributed by atoms with Crippen molar-refractivity contribution in [2.75, 3.05) is 0 Å². The molecule has 0 saturated heterocycles. The Hall–Kier alpha value is -2.42. The topological polar surface area (TPSA) is 108 Å². The van der Waals surface area contributed by atoms with E-state index in [1.54, 1.807) is 6.92 Å². The number of hydrogen-bond acceptors (Lipinski definition) is 6. The zero-order valence-corrected chi connectivity index (χ0v) is 10.3. The van der Waals surface area contributed by atoms with Crippen LogP contribution >= 0.6 is 0 Å². The standard InChI is InChI=1S/C11H10F2N4O3/c1-2-8(14)10-15-11(20-16-10)5-3-6(12)7(13)4-9(5)17(18)19/h3-4,8H,2,14H2,1H3. The van der Waals surface area contributed by atoms with Gasteiger partial charge in [-0.25, -0.2) is 8.78 Å². The third-order valence-electron chi connectivity index (χ3n) is 2.68. The molecule has 2 aromatic rings. The molecule has 1 aromatic carbocycles. The minimum atomic E-state index is -1.33. The summed E-state index contributed by atoms with van der Waals surface area (Å²) in [5.41, 5.74) is 4.73. The number of nitrogens with zero attached hydrogens (tertiary/aromatic N) is 3. The molecule has 0 saturated carbocycles. The number of nitro groups is 1. The van der Waals surface area contributed by atoms with Crippen LogP contribution in [-0.2, 0) is 0 Å². The van der Waals surface area contributed by atoms with E-state index in [2.05, 4.69) is 10.1 Å². The Labute approximate surface area is 111 Å². The van der Waals surface area contributed by atoms with Crippen LogP contribution in [0.3, 0.4) is 0 Å². The quantitative estimate of drug-likeness (QED) is 0.681. The lowest BCUT2D eigenvalue weighted by atomic mass is 10.1. The van der Waals surface area contributed by atoms with Crippen LogP contribution in [0.1, 0.15) is 25.2 Å². The van der Waals surface area contributed by atoms with Gasteiger partial charge in [0.1, 0.15) is 5.56 Å². The van der Waals surface area contributed by atoms with Gasteiger partial charge in [-0.1, -0.05) is 12.1 Å². The largest absolute Gasteiger partial charge is 0.334 e. The van der Waals surface area contributed by atoms with Crippen molar-refractivity contribution in [3.63, 3.8) is 0 Å². The second kappa shape index (κ2) is 5.29. The summed E-state index contributed by atoms with van der Waals surface area (Å²) in [4.78, 5) is 13.9. The maximum Gasteiger partial charge on any atom is 0.285 e. The number of aromatic nitrogens is 2. The molecule has 0 bridgehead atoms. The first-order chi connectivity index (χ1) is 9.43. The third-order valence-corrected chi connectivity index (χ3v) is 2.68. The van der Waals surface area contributed by atoms with Gasteiger partial charge in [-0.2, -0.15) is 4.98 Å². The normalized spacial score (nSPS) is 12.4. The molecule has 0 spiro atoms. The fourth-order valence-electron chi connectivity index (χ4n) is 1.54. The van der Waals surface area contributed by atoms with Crippen molar-refractivity contribution in [2.24, 2.45) is 5.73 Å². The molecule has 1 unspecified atom stereocenters. The lowest BCUT2D eigenvalue weighted by Gasteiger charge is -2.00. The Morgan fingerprint density at radius 3 is 2.70 bits per heavy atom. The number of benzene rings is 1. The second-order valence-electron chi connectivity index (χ2n) is 4.01. The number of nitro benzene ring substituents is 1. The maximum absolute atomic E-state index is 13.2. The molecular formula is C11H10F2N4O3. The maximum atomic E-state index is 13.2. The molecule has 0 aliphatic rings. The van der Waals surface area contributed by atoms with Crippen molar-refractivity contribution in [3.8, 4) is 11.5 Å². The van der Waals surface area contributed by atoms with Crippen LogP contribution in [0.15, 0.2) is 16.7 Å². The highest BCUT2D eigenvalue weighted by molar-refractivity contribution is 5.66. The molecule has 7 nitrogen and oxygen atoms in total. The van der Waals surface area contributed by atoms with Gasteiger partial charge in [0.15, 0.2) is 17.5 Å². The molecule has 0 amide bonds. The van der Waals surface area contributed by atoms with E-state index in [-0.39, 0.29) is 17.3 Å². The van der Waals surface area contributed by atoms with Gasteiger partial charge in [-0.3, -0.25) is 10.1 Å². The zero-order chi connectivity index (χ0) is 14.9. The summed E-state index contributed by atoms with van der Waals surface area (Å²) in [6.07, 6.45) is 0.527. The predicted octanol–water partition coefficient (Wildman–Crippen LogP) is 2.33. The second-order valence-corrected chi connectivity index (χ2v) is 4.01. The number of hydrogen-bond donors (Lipinski definition) is 1. The Balaban J connectivity index is 2.54. The van der Waals surface area contributed by atoms with E-state index >= 15 is 0 Å². The third kappa shape index (κ3) is 2.48. The number of nitrogens with two attached hydrogens (primary N) is 1. The first-order valence-corrected chi connectivity index (χ1v) is 5.67. The predicted molar refractivity (Wildman–Crippen MR) is 63.5 cm³/mol. The molecule has 2 N–H and O–H groups in total.